The maximum absolute atomic E-state index is 11.8. The number of hydrogen-bond donors (Lipinski definition) is 1. The van der Waals surface area contributed by atoms with Gasteiger partial charge >= 0.3 is 0 Å². The van der Waals surface area contributed by atoms with E-state index in [1.54, 1.807) is 43.5 Å². The molecule has 0 saturated heterocycles. The second-order valence-electron chi connectivity index (χ2n) is 5.66. The molecule has 0 bridgehead atoms. The van der Waals surface area contributed by atoms with Crippen LogP contribution in [0.5, 0.6) is 5.75 Å². The summed E-state index contributed by atoms with van der Waals surface area (Å²) in [5.74, 6) is 1.29. The van der Waals surface area contributed by atoms with Gasteiger partial charge < -0.3 is 10.1 Å². The van der Waals surface area contributed by atoms with Crippen molar-refractivity contribution in [1.82, 2.24) is 4.98 Å². The van der Waals surface area contributed by atoms with Crippen LogP contribution in [0.15, 0.2) is 60.7 Å². The Hall–Kier alpha value is -2.76. The standard InChI is InChI=1S/C20H17Cl2N3O2/c1-27-17-8-2-14(3-9-17)12-23-20-18(10-11-19(22)24-20)25(13-26)16-6-4-15(21)5-7-16/h2-11,13H,12H2,1H3,(H,23,24). The fraction of sp³-hybridized carbons (Fsp3) is 0.100. The Morgan fingerprint density at radius 3 is 2.37 bits per heavy atom. The maximum atomic E-state index is 11.8. The van der Waals surface area contributed by atoms with Crippen LogP contribution in [0.1, 0.15) is 5.56 Å². The number of pyridine rings is 1. The lowest BCUT2D eigenvalue weighted by Crippen LogP contribution is -2.17. The van der Waals surface area contributed by atoms with E-state index in [-0.39, 0.29) is 0 Å². The third-order valence-electron chi connectivity index (χ3n) is 3.93. The SMILES string of the molecule is COc1ccc(CNc2nc(Cl)ccc2N(C=O)c2ccc(Cl)cc2)cc1. The molecule has 1 heterocycles. The van der Waals surface area contributed by atoms with Crippen molar-refractivity contribution in [1.29, 1.82) is 0 Å². The highest BCUT2D eigenvalue weighted by Crippen LogP contribution is 2.32. The van der Waals surface area contributed by atoms with Gasteiger partial charge in [-0.05, 0) is 54.1 Å². The quantitative estimate of drug-likeness (QED) is 0.430. The Balaban J connectivity index is 1.87. The minimum absolute atomic E-state index is 0.331. The summed E-state index contributed by atoms with van der Waals surface area (Å²) < 4.78 is 5.17. The number of hydrogen-bond acceptors (Lipinski definition) is 4. The van der Waals surface area contributed by atoms with Crippen molar-refractivity contribution >= 4 is 46.8 Å². The predicted octanol–water partition coefficient (Wildman–Crippen LogP) is 5.30. The number of nitrogens with one attached hydrogen (secondary N) is 1. The molecule has 1 aromatic heterocycles. The molecule has 0 spiro atoms. The minimum atomic E-state index is 0.331. The Kier molecular flexibility index (Phi) is 6.16. The second-order valence-corrected chi connectivity index (χ2v) is 6.48. The van der Waals surface area contributed by atoms with Crippen LogP contribution in [0.25, 0.3) is 0 Å². The molecule has 0 aliphatic rings. The summed E-state index contributed by atoms with van der Waals surface area (Å²) in [5, 5.41) is 4.17. The lowest BCUT2D eigenvalue weighted by Gasteiger charge is -2.21. The number of carbonyl (C=O) groups excluding carboxylic acids is 1. The average Bonchev–Trinajstić information content (AvgIpc) is 2.70. The van der Waals surface area contributed by atoms with Crippen molar-refractivity contribution < 1.29 is 9.53 Å². The molecule has 138 valence electrons. The zero-order valence-corrected chi connectivity index (χ0v) is 16.0. The number of anilines is 3. The van der Waals surface area contributed by atoms with E-state index in [0.717, 1.165) is 17.7 Å². The molecule has 1 amide bonds. The van der Waals surface area contributed by atoms with Gasteiger partial charge in [-0.3, -0.25) is 9.69 Å². The molecular formula is C20H17Cl2N3O2. The summed E-state index contributed by atoms with van der Waals surface area (Å²) in [6.07, 6.45) is 0.729. The summed E-state index contributed by atoms with van der Waals surface area (Å²) in [6.45, 7) is 0.512. The molecule has 3 rings (SSSR count). The molecule has 0 fully saturated rings. The summed E-state index contributed by atoms with van der Waals surface area (Å²) in [7, 11) is 1.63. The molecule has 0 atom stereocenters. The number of carbonyl (C=O) groups is 1. The van der Waals surface area contributed by atoms with Crippen LogP contribution in [-0.2, 0) is 11.3 Å². The van der Waals surface area contributed by atoms with Gasteiger partial charge in [-0.1, -0.05) is 35.3 Å². The van der Waals surface area contributed by atoms with Crippen LogP contribution < -0.4 is 15.0 Å². The first-order valence-corrected chi connectivity index (χ1v) is 8.90. The van der Waals surface area contributed by atoms with E-state index in [1.807, 2.05) is 24.3 Å². The van der Waals surface area contributed by atoms with Crippen LogP contribution in [-0.4, -0.2) is 18.5 Å². The molecule has 2 aromatic carbocycles. The summed E-state index contributed by atoms with van der Waals surface area (Å²) in [4.78, 5) is 17.6. The van der Waals surface area contributed by atoms with Crippen molar-refractivity contribution in [3.05, 3.63) is 76.4 Å². The molecule has 0 aliphatic carbocycles. The molecule has 0 radical (unpaired) electrons. The molecule has 3 aromatic rings. The zero-order chi connectivity index (χ0) is 19.2. The number of halogens is 2. The number of amides is 1. The van der Waals surface area contributed by atoms with Gasteiger partial charge in [0.1, 0.15) is 10.9 Å². The second kappa shape index (κ2) is 8.75. The fourth-order valence-corrected chi connectivity index (χ4v) is 2.81. The van der Waals surface area contributed by atoms with E-state index in [2.05, 4.69) is 10.3 Å². The molecule has 7 heteroatoms. The minimum Gasteiger partial charge on any atom is -0.497 e. The van der Waals surface area contributed by atoms with Crippen LogP contribution in [0.2, 0.25) is 10.2 Å². The van der Waals surface area contributed by atoms with Crippen molar-refractivity contribution in [3.8, 4) is 5.75 Å². The van der Waals surface area contributed by atoms with Crippen molar-refractivity contribution in [2.24, 2.45) is 0 Å². The summed E-state index contributed by atoms with van der Waals surface area (Å²) in [5.41, 5.74) is 2.30. The first kappa shape index (κ1) is 19.0. The first-order chi connectivity index (χ1) is 13.1. The van der Waals surface area contributed by atoms with Gasteiger partial charge in [-0.2, -0.15) is 0 Å². The number of benzene rings is 2. The van der Waals surface area contributed by atoms with Crippen molar-refractivity contribution in [2.45, 2.75) is 6.54 Å². The third-order valence-corrected chi connectivity index (χ3v) is 4.39. The summed E-state index contributed by atoms with van der Waals surface area (Å²) >= 11 is 12.0. The van der Waals surface area contributed by atoms with E-state index in [9.17, 15) is 4.79 Å². The van der Waals surface area contributed by atoms with E-state index in [1.165, 1.54) is 4.90 Å². The Labute approximate surface area is 167 Å². The number of nitrogens with zero attached hydrogens (tertiary/aromatic N) is 2. The largest absolute Gasteiger partial charge is 0.497 e. The van der Waals surface area contributed by atoms with E-state index >= 15 is 0 Å². The van der Waals surface area contributed by atoms with Gasteiger partial charge in [-0.15, -0.1) is 0 Å². The molecule has 0 aliphatic heterocycles. The van der Waals surface area contributed by atoms with Crippen LogP contribution >= 0.6 is 23.2 Å². The summed E-state index contributed by atoms with van der Waals surface area (Å²) in [6, 6.07) is 18.0. The monoisotopic (exact) mass is 401 g/mol. The maximum Gasteiger partial charge on any atom is 0.218 e. The number of ether oxygens (including phenoxy) is 1. The zero-order valence-electron chi connectivity index (χ0n) is 14.5. The highest BCUT2D eigenvalue weighted by molar-refractivity contribution is 6.30. The van der Waals surface area contributed by atoms with E-state index in [4.69, 9.17) is 27.9 Å². The molecular weight excluding hydrogens is 385 g/mol. The molecule has 5 nitrogen and oxygen atoms in total. The highest BCUT2D eigenvalue weighted by Gasteiger charge is 2.15. The predicted molar refractivity (Wildman–Crippen MR) is 109 cm³/mol. The normalized spacial score (nSPS) is 10.3. The first-order valence-electron chi connectivity index (χ1n) is 8.14. The average molecular weight is 402 g/mol. The van der Waals surface area contributed by atoms with Crippen LogP contribution in [0, 0.1) is 0 Å². The van der Waals surface area contributed by atoms with Gasteiger partial charge in [0, 0.05) is 17.3 Å². The lowest BCUT2D eigenvalue weighted by molar-refractivity contribution is -0.106. The van der Waals surface area contributed by atoms with Gasteiger partial charge in [0.15, 0.2) is 5.82 Å². The smallest absolute Gasteiger partial charge is 0.218 e. The van der Waals surface area contributed by atoms with E-state index < -0.39 is 0 Å². The van der Waals surface area contributed by atoms with Gasteiger partial charge in [0.25, 0.3) is 0 Å². The van der Waals surface area contributed by atoms with Crippen LogP contribution in [0.4, 0.5) is 17.2 Å². The van der Waals surface area contributed by atoms with Crippen molar-refractivity contribution in [2.75, 3.05) is 17.3 Å². The van der Waals surface area contributed by atoms with Crippen molar-refractivity contribution in [3.63, 3.8) is 0 Å². The Morgan fingerprint density at radius 1 is 1.04 bits per heavy atom. The molecule has 1 N–H and O–H groups in total. The van der Waals surface area contributed by atoms with Gasteiger partial charge in [0.05, 0.1) is 12.8 Å². The molecule has 27 heavy (non-hydrogen) atoms. The molecule has 0 saturated carbocycles. The topological polar surface area (TPSA) is 54.5 Å². The third kappa shape index (κ3) is 4.70. The fourth-order valence-electron chi connectivity index (χ4n) is 2.54. The number of aromatic nitrogens is 1. The van der Waals surface area contributed by atoms with E-state index in [0.29, 0.717) is 33.9 Å². The lowest BCUT2D eigenvalue weighted by atomic mass is 10.2. The van der Waals surface area contributed by atoms with Gasteiger partial charge in [0.2, 0.25) is 6.41 Å². The number of methoxy groups -OCH3 is 1. The molecule has 0 unspecified atom stereocenters. The van der Waals surface area contributed by atoms with Gasteiger partial charge in [-0.25, -0.2) is 4.98 Å². The Morgan fingerprint density at radius 2 is 1.74 bits per heavy atom. The van der Waals surface area contributed by atoms with Crippen LogP contribution in [0.3, 0.4) is 0 Å². The highest BCUT2D eigenvalue weighted by atomic mass is 35.5. The Bertz CT molecular complexity index is 916. The number of rotatable bonds is 7.